The van der Waals surface area contributed by atoms with Crippen molar-refractivity contribution in [3.8, 4) is 6.07 Å². The van der Waals surface area contributed by atoms with Gasteiger partial charge in [0, 0.05) is 37.8 Å². The van der Waals surface area contributed by atoms with E-state index in [1.54, 1.807) is 24.3 Å². The minimum absolute atomic E-state index is 0.0725. The first-order chi connectivity index (χ1) is 11.2. The van der Waals surface area contributed by atoms with Gasteiger partial charge >= 0.3 is 0 Å². The van der Waals surface area contributed by atoms with Crippen molar-refractivity contribution in [2.24, 2.45) is 5.92 Å². The molecule has 0 radical (unpaired) electrons. The molecule has 1 saturated carbocycles. The quantitative estimate of drug-likeness (QED) is 0.901. The van der Waals surface area contributed by atoms with Crippen molar-refractivity contribution in [2.45, 2.75) is 12.8 Å². The minimum atomic E-state index is -0.0725. The summed E-state index contributed by atoms with van der Waals surface area (Å²) in [6, 6.07) is 8.85. The molecule has 1 aromatic rings. The summed E-state index contributed by atoms with van der Waals surface area (Å²) in [4.78, 5) is 28.0. The summed E-state index contributed by atoms with van der Waals surface area (Å²) in [6.45, 7) is 3.21. The van der Waals surface area contributed by atoms with Crippen molar-refractivity contribution in [1.29, 1.82) is 5.26 Å². The van der Waals surface area contributed by atoms with E-state index in [-0.39, 0.29) is 17.7 Å². The molecule has 1 aromatic carbocycles. The zero-order chi connectivity index (χ0) is 16.2. The highest BCUT2D eigenvalue weighted by Crippen LogP contribution is 2.31. The van der Waals surface area contributed by atoms with Gasteiger partial charge in [0.1, 0.15) is 0 Å². The average Bonchev–Trinajstić information content (AvgIpc) is 3.40. The van der Waals surface area contributed by atoms with Gasteiger partial charge in [0.2, 0.25) is 11.8 Å². The number of carbonyl (C=O) groups excluding carboxylic acids is 2. The van der Waals surface area contributed by atoms with Crippen LogP contribution in [0.5, 0.6) is 0 Å². The Morgan fingerprint density at radius 1 is 1.13 bits per heavy atom. The van der Waals surface area contributed by atoms with Crippen LogP contribution in [0, 0.1) is 17.2 Å². The fourth-order valence-electron chi connectivity index (χ4n) is 2.75. The lowest BCUT2D eigenvalue weighted by Crippen LogP contribution is -2.50. The molecule has 120 valence electrons. The van der Waals surface area contributed by atoms with Crippen molar-refractivity contribution in [1.82, 2.24) is 9.80 Å². The van der Waals surface area contributed by atoms with Gasteiger partial charge in [-0.25, -0.2) is 0 Å². The number of carbonyl (C=O) groups is 2. The van der Waals surface area contributed by atoms with E-state index >= 15 is 0 Å². The Bertz CT molecular complexity index is 623. The van der Waals surface area contributed by atoms with Crippen LogP contribution >= 0.6 is 0 Å². The summed E-state index contributed by atoms with van der Waals surface area (Å²) in [5.74, 6) is 0.476. The number of nitriles is 1. The largest absolute Gasteiger partial charge is 0.340 e. The highest BCUT2D eigenvalue weighted by molar-refractivity contribution is 5.92. The minimum Gasteiger partial charge on any atom is -0.340 e. The van der Waals surface area contributed by atoms with Gasteiger partial charge in [-0.2, -0.15) is 5.26 Å². The molecule has 2 aliphatic rings. The van der Waals surface area contributed by atoms with E-state index in [1.807, 2.05) is 11.0 Å². The van der Waals surface area contributed by atoms with Crippen molar-refractivity contribution in [3.05, 3.63) is 29.8 Å². The van der Waals surface area contributed by atoms with Crippen LogP contribution in [0.2, 0.25) is 0 Å². The number of hydrogen-bond acceptors (Lipinski definition) is 4. The lowest BCUT2D eigenvalue weighted by molar-refractivity contribution is -0.134. The molecule has 1 saturated heterocycles. The molecule has 2 amide bonds. The molecule has 0 aromatic heterocycles. The van der Waals surface area contributed by atoms with E-state index in [9.17, 15) is 9.59 Å². The van der Waals surface area contributed by atoms with Gasteiger partial charge < -0.3 is 10.2 Å². The van der Waals surface area contributed by atoms with Crippen molar-refractivity contribution in [2.75, 3.05) is 38.0 Å². The van der Waals surface area contributed by atoms with Gasteiger partial charge in [0.15, 0.2) is 0 Å². The molecule has 1 N–H and O–H groups in total. The van der Waals surface area contributed by atoms with Gasteiger partial charge in [-0.15, -0.1) is 0 Å². The van der Waals surface area contributed by atoms with Gasteiger partial charge in [0.05, 0.1) is 18.2 Å². The zero-order valence-electron chi connectivity index (χ0n) is 13.0. The Hall–Kier alpha value is -2.39. The van der Waals surface area contributed by atoms with Crippen LogP contribution in [0.4, 0.5) is 5.69 Å². The standard InChI is InChI=1S/C17H20N4O2/c18-11-13-1-5-15(6-2-13)19-16(22)12-20-7-9-21(10-8-20)17(23)14-3-4-14/h1-2,5-6,14H,3-4,7-10,12H2,(H,19,22). The number of nitrogens with zero attached hydrogens (tertiary/aromatic N) is 3. The Labute approximate surface area is 135 Å². The number of hydrogen-bond donors (Lipinski definition) is 1. The maximum atomic E-state index is 12.1. The van der Waals surface area contributed by atoms with E-state index in [1.165, 1.54) is 0 Å². The smallest absolute Gasteiger partial charge is 0.238 e. The fourth-order valence-corrected chi connectivity index (χ4v) is 2.75. The number of amides is 2. The number of benzene rings is 1. The fraction of sp³-hybridized carbons (Fsp3) is 0.471. The van der Waals surface area contributed by atoms with Crippen LogP contribution in [-0.4, -0.2) is 54.3 Å². The predicted molar refractivity (Wildman–Crippen MR) is 85.5 cm³/mol. The molecule has 23 heavy (non-hydrogen) atoms. The van der Waals surface area contributed by atoms with E-state index in [4.69, 9.17) is 5.26 Å². The zero-order valence-corrected chi connectivity index (χ0v) is 13.0. The molecular weight excluding hydrogens is 292 g/mol. The molecule has 0 spiro atoms. The van der Waals surface area contributed by atoms with Gasteiger partial charge in [-0.1, -0.05) is 0 Å². The Morgan fingerprint density at radius 2 is 1.78 bits per heavy atom. The van der Waals surface area contributed by atoms with Crippen LogP contribution in [0.15, 0.2) is 24.3 Å². The van der Waals surface area contributed by atoms with E-state index in [0.717, 1.165) is 25.9 Å². The second kappa shape index (κ2) is 6.80. The average molecular weight is 312 g/mol. The molecule has 6 nitrogen and oxygen atoms in total. The van der Waals surface area contributed by atoms with Crippen molar-refractivity contribution in [3.63, 3.8) is 0 Å². The van der Waals surface area contributed by atoms with Crippen molar-refractivity contribution >= 4 is 17.5 Å². The van der Waals surface area contributed by atoms with Gasteiger partial charge in [0.25, 0.3) is 0 Å². The molecular formula is C17H20N4O2. The summed E-state index contributed by atoms with van der Waals surface area (Å²) >= 11 is 0. The maximum Gasteiger partial charge on any atom is 0.238 e. The van der Waals surface area contributed by atoms with Crippen LogP contribution in [0.1, 0.15) is 18.4 Å². The van der Waals surface area contributed by atoms with E-state index in [2.05, 4.69) is 10.2 Å². The topological polar surface area (TPSA) is 76.4 Å². The molecule has 0 atom stereocenters. The van der Waals surface area contributed by atoms with Gasteiger partial charge in [-0.3, -0.25) is 14.5 Å². The van der Waals surface area contributed by atoms with Crippen molar-refractivity contribution < 1.29 is 9.59 Å². The Morgan fingerprint density at radius 3 is 2.35 bits per heavy atom. The van der Waals surface area contributed by atoms with Crippen LogP contribution in [0.25, 0.3) is 0 Å². The highest BCUT2D eigenvalue weighted by atomic mass is 16.2. The highest BCUT2D eigenvalue weighted by Gasteiger charge is 2.34. The maximum absolute atomic E-state index is 12.1. The molecule has 0 unspecified atom stereocenters. The first kappa shape index (κ1) is 15.5. The van der Waals surface area contributed by atoms with E-state index in [0.29, 0.717) is 30.9 Å². The lowest BCUT2D eigenvalue weighted by Gasteiger charge is -2.34. The normalized spacial score (nSPS) is 18.3. The SMILES string of the molecule is N#Cc1ccc(NC(=O)CN2CCN(C(=O)C3CC3)CC2)cc1. The number of anilines is 1. The summed E-state index contributed by atoms with van der Waals surface area (Å²) in [5.41, 5.74) is 1.26. The second-order valence-electron chi connectivity index (χ2n) is 6.11. The second-order valence-corrected chi connectivity index (χ2v) is 6.11. The Balaban J connectivity index is 1.43. The predicted octanol–water partition coefficient (Wildman–Crippen LogP) is 1.05. The summed E-state index contributed by atoms with van der Waals surface area (Å²) < 4.78 is 0. The third-order valence-electron chi connectivity index (χ3n) is 4.28. The summed E-state index contributed by atoms with van der Waals surface area (Å²) in [5, 5.41) is 11.6. The summed E-state index contributed by atoms with van der Waals surface area (Å²) in [7, 11) is 0. The molecule has 1 aliphatic carbocycles. The molecule has 2 fully saturated rings. The Kier molecular flexibility index (Phi) is 4.58. The van der Waals surface area contributed by atoms with E-state index < -0.39 is 0 Å². The van der Waals surface area contributed by atoms with Crippen LogP contribution < -0.4 is 5.32 Å². The third-order valence-corrected chi connectivity index (χ3v) is 4.28. The number of rotatable bonds is 4. The number of nitrogens with one attached hydrogen (secondary N) is 1. The third kappa shape index (κ3) is 4.08. The molecule has 1 aliphatic heterocycles. The lowest BCUT2D eigenvalue weighted by atomic mass is 10.2. The van der Waals surface area contributed by atoms with Crippen LogP contribution in [-0.2, 0) is 9.59 Å². The first-order valence-electron chi connectivity index (χ1n) is 7.97. The molecule has 6 heteroatoms. The van der Waals surface area contributed by atoms with Crippen LogP contribution in [0.3, 0.4) is 0 Å². The van der Waals surface area contributed by atoms with Gasteiger partial charge in [-0.05, 0) is 37.1 Å². The monoisotopic (exact) mass is 312 g/mol. The molecule has 3 rings (SSSR count). The first-order valence-corrected chi connectivity index (χ1v) is 7.97. The molecule has 0 bridgehead atoms. The number of piperazine rings is 1. The molecule has 1 heterocycles. The summed E-state index contributed by atoms with van der Waals surface area (Å²) in [6.07, 6.45) is 2.07.